The minimum Gasteiger partial charge on any atom is -0.393 e. The number of aliphatic hydroxyl groups excluding tert-OH is 1. The van der Waals surface area contributed by atoms with Gasteiger partial charge in [-0.25, -0.2) is 0 Å². The standard InChI is InChI=1S/C12H20O2/c1-4-5-10-6-8(2)7-11(14)12(10)9(3)13/h4,8-10,12-13H,1,5-7H2,2-3H3/t8-,9?,10-,12+/m1/s1. The molecule has 1 N–H and O–H groups in total. The van der Waals surface area contributed by atoms with Crippen LogP contribution in [0.25, 0.3) is 0 Å². The van der Waals surface area contributed by atoms with Crippen LogP contribution in [-0.2, 0) is 4.79 Å². The fourth-order valence-electron chi connectivity index (χ4n) is 2.61. The first-order chi connectivity index (χ1) is 6.56. The van der Waals surface area contributed by atoms with Crippen LogP contribution in [-0.4, -0.2) is 17.0 Å². The van der Waals surface area contributed by atoms with Gasteiger partial charge < -0.3 is 5.11 Å². The Balaban J connectivity index is 2.74. The molecule has 2 heteroatoms. The average molecular weight is 196 g/mol. The first kappa shape index (κ1) is 11.4. The lowest BCUT2D eigenvalue weighted by atomic mass is 9.70. The quantitative estimate of drug-likeness (QED) is 0.702. The van der Waals surface area contributed by atoms with E-state index in [-0.39, 0.29) is 11.7 Å². The van der Waals surface area contributed by atoms with Crippen LogP contribution in [0.5, 0.6) is 0 Å². The molecule has 0 bridgehead atoms. The molecule has 0 aliphatic heterocycles. The summed E-state index contributed by atoms with van der Waals surface area (Å²) >= 11 is 0. The third-order valence-corrected chi connectivity index (χ3v) is 3.12. The fourth-order valence-corrected chi connectivity index (χ4v) is 2.61. The van der Waals surface area contributed by atoms with Crippen LogP contribution in [0, 0.1) is 17.8 Å². The maximum absolute atomic E-state index is 11.7. The summed E-state index contributed by atoms with van der Waals surface area (Å²) in [6, 6.07) is 0. The highest BCUT2D eigenvalue weighted by Gasteiger charge is 2.36. The summed E-state index contributed by atoms with van der Waals surface area (Å²) < 4.78 is 0. The predicted molar refractivity (Wildman–Crippen MR) is 56.9 cm³/mol. The Labute approximate surface area is 86.0 Å². The molecule has 1 unspecified atom stereocenters. The van der Waals surface area contributed by atoms with Crippen molar-refractivity contribution in [3.05, 3.63) is 12.7 Å². The average Bonchev–Trinajstić information content (AvgIpc) is 2.01. The Morgan fingerprint density at radius 1 is 1.71 bits per heavy atom. The molecule has 0 saturated heterocycles. The summed E-state index contributed by atoms with van der Waals surface area (Å²) in [6.07, 6.45) is 3.84. The molecule has 80 valence electrons. The first-order valence-corrected chi connectivity index (χ1v) is 5.38. The molecule has 0 spiro atoms. The third kappa shape index (κ3) is 2.44. The van der Waals surface area contributed by atoms with Crippen molar-refractivity contribution in [3.63, 3.8) is 0 Å². The molecular formula is C12H20O2. The number of Topliss-reactive ketones (excluding diaryl/α,β-unsaturated/α-hetero) is 1. The van der Waals surface area contributed by atoms with E-state index in [1.54, 1.807) is 6.92 Å². The largest absolute Gasteiger partial charge is 0.393 e. The normalized spacial score (nSPS) is 35.4. The van der Waals surface area contributed by atoms with E-state index in [9.17, 15) is 9.90 Å². The van der Waals surface area contributed by atoms with Crippen molar-refractivity contribution < 1.29 is 9.90 Å². The zero-order valence-corrected chi connectivity index (χ0v) is 9.07. The van der Waals surface area contributed by atoms with Crippen molar-refractivity contribution in [2.75, 3.05) is 0 Å². The fraction of sp³-hybridized carbons (Fsp3) is 0.750. The van der Waals surface area contributed by atoms with Gasteiger partial charge in [0.25, 0.3) is 0 Å². The predicted octanol–water partition coefficient (Wildman–Crippen LogP) is 2.17. The molecule has 0 amide bonds. The van der Waals surface area contributed by atoms with E-state index >= 15 is 0 Å². The van der Waals surface area contributed by atoms with Gasteiger partial charge in [-0.05, 0) is 31.6 Å². The van der Waals surface area contributed by atoms with Gasteiger partial charge in [0.1, 0.15) is 5.78 Å². The maximum atomic E-state index is 11.7. The molecule has 1 aliphatic rings. The van der Waals surface area contributed by atoms with E-state index < -0.39 is 6.10 Å². The molecule has 0 radical (unpaired) electrons. The lowest BCUT2D eigenvalue weighted by molar-refractivity contribution is -0.132. The van der Waals surface area contributed by atoms with E-state index in [1.807, 2.05) is 6.08 Å². The van der Waals surface area contributed by atoms with Crippen LogP contribution in [0.15, 0.2) is 12.7 Å². The van der Waals surface area contributed by atoms with Crippen LogP contribution >= 0.6 is 0 Å². The number of carbonyl (C=O) groups excluding carboxylic acids is 1. The van der Waals surface area contributed by atoms with Gasteiger partial charge in [0.15, 0.2) is 0 Å². The van der Waals surface area contributed by atoms with Crippen molar-refractivity contribution >= 4 is 5.78 Å². The topological polar surface area (TPSA) is 37.3 Å². The molecule has 1 rings (SSSR count). The summed E-state index contributed by atoms with van der Waals surface area (Å²) in [5.41, 5.74) is 0. The summed E-state index contributed by atoms with van der Waals surface area (Å²) in [4.78, 5) is 11.7. The maximum Gasteiger partial charge on any atom is 0.139 e. The first-order valence-electron chi connectivity index (χ1n) is 5.38. The minimum atomic E-state index is -0.514. The number of hydrogen-bond donors (Lipinski definition) is 1. The van der Waals surface area contributed by atoms with Crippen molar-refractivity contribution in [2.24, 2.45) is 17.8 Å². The second-order valence-corrected chi connectivity index (χ2v) is 4.56. The SMILES string of the molecule is C=CC[C@@H]1C[C@@H](C)CC(=O)[C@H]1C(C)O. The molecule has 1 saturated carbocycles. The molecule has 2 nitrogen and oxygen atoms in total. The van der Waals surface area contributed by atoms with E-state index in [1.165, 1.54) is 0 Å². The van der Waals surface area contributed by atoms with Gasteiger partial charge in [-0.3, -0.25) is 4.79 Å². The number of hydrogen-bond acceptors (Lipinski definition) is 2. The Morgan fingerprint density at radius 2 is 2.36 bits per heavy atom. The van der Waals surface area contributed by atoms with Gasteiger partial charge in [-0.15, -0.1) is 6.58 Å². The van der Waals surface area contributed by atoms with E-state index in [0.717, 1.165) is 12.8 Å². The lowest BCUT2D eigenvalue weighted by Gasteiger charge is -2.34. The van der Waals surface area contributed by atoms with E-state index in [2.05, 4.69) is 13.5 Å². The monoisotopic (exact) mass is 196 g/mol. The zero-order valence-electron chi connectivity index (χ0n) is 9.07. The number of carbonyl (C=O) groups is 1. The highest BCUT2D eigenvalue weighted by Crippen LogP contribution is 2.35. The number of allylic oxidation sites excluding steroid dienone is 1. The van der Waals surface area contributed by atoms with Crippen molar-refractivity contribution in [1.29, 1.82) is 0 Å². The molecule has 0 aromatic heterocycles. The molecule has 0 heterocycles. The molecule has 0 aromatic rings. The van der Waals surface area contributed by atoms with Gasteiger partial charge in [0.05, 0.1) is 6.10 Å². The second-order valence-electron chi connectivity index (χ2n) is 4.56. The zero-order chi connectivity index (χ0) is 10.7. The van der Waals surface area contributed by atoms with Crippen molar-refractivity contribution in [3.8, 4) is 0 Å². The molecule has 1 aliphatic carbocycles. The Bertz CT molecular complexity index is 220. The Hall–Kier alpha value is -0.630. The van der Waals surface area contributed by atoms with E-state index in [0.29, 0.717) is 18.3 Å². The molecular weight excluding hydrogens is 176 g/mol. The lowest BCUT2D eigenvalue weighted by Crippen LogP contribution is -2.38. The number of ketones is 1. The number of aliphatic hydroxyl groups is 1. The van der Waals surface area contributed by atoms with Gasteiger partial charge in [-0.1, -0.05) is 13.0 Å². The van der Waals surface area contributed by atoms with Crippen LogP contribution in [0.3, 0.4) is 0 Å². The smallest absolute Gasteiger partial charge is 0.139 e. The van der Waals surface area contributed by atoms with Gasteiger partial charge in [0.2, 0.25) is 0 Å². The number of rotatable bonds is 3. The summed E-state index contributed by atoms with van der Waals surface area (Å²) in [6.45, 7) is 7.53. The molecule has 4 atom stereocenters. The second kappa shape index (κ2) is 4.74. The third-order valence-electron chi connectivity index (χ3n) is 3.12. The van der Waals surface area contributed by atoms with Gasteiger partial charge in [-0.2, -0.15) is 0 Å². The Morgan fingerprint density at radius 3 is 2.86 bits per heavy atom. The minimum absolute atomic E-state index is 0.163. The molecule has 1 fully saturated rings. The summed E-state index contributed by atoms with van der Waals surface area (Å²) in [7, 11) is 0. The van der Waals surface area contributed by atoms with E-state index in [4.69, 9.17) is 0 Å². The van der Waals surface area contributed by atoms with Crippen molar-refractivity contribution in [1.82, 2.24) is 0 Å². The van der Waals surface area contributed by atoms with Crippen molar-refractivity contribution in [2.45, 2.75) is 39.2 Å². The molecule has 0 aromatic carbocycles. The highest BCUT2D eigenvalue weighted by molar-refractivity contribution is 5.82. The van der Waals surface area contributed by atoms with Crippen LogP contribution in [0.4, 0.5) is 0 Å². The highest BCUT2D eigenvalue weighted by atomic mass is 16.3. The molecule has 14 heavy (non-hydrogen) atoms. The summed E-state index contributed by atoms with van der Waals surface area (Å²) in [5, 5.41) is 9.58. The van der Waals surface area contributed by atoms with Crippen LogP contribution < -0.4 is 0 Å². The Kier molecular flexibility index (Phi) is 3.87. The van der Waals surface area contributed by atoms with Crippen LogP contribution in [0.1, 0.15) is 33.1 Å². The van der Waals surface area contributed by atoms with Crippen LogP contribution in [0.2, 0.25) is 0 Å². The summed E-state index contributed by atoms with van der Waals surface area (Å²) in [5.74, 6) is 0.820. The van der Waals surface area contributed by atoms with Gasteiger partial charge in [0, 0.05) is 12.3 Å². The van der Waals surface area contributed by atoms with Gasteiger partial charge >= 0.3 is 0 Å².